The molecule has 10 aromatic carbocycles. The van der Waals surface area contributed by atoms with Crippen molar-refractivity contribution in [2.24, 2.45) is 0 Å². The third-order valence-electron chi connectivity index (χ3n) is 11.0. The molecule has 0 aromatic heterocycles. The van der Waals surface area contributed by atoms with Crippen molar-refractivity contribution in [3.63, 3.8) is 0 Å². The molecule has 2 radical (unpaired) electrons. The monoisotopic (exact) mass is 912 g/mol. The number of benzene rings is 8. The van der Waals surface area contributed by atoms with Gasteiger partial charge in [-0.2, -0.15) is 35.0 Å². The fourth-order valence-corrected chi connectivity index (χ4v) is 8.01. The van der Waals surface area contributed by atoms with Crippen LogP contribution in [0.15, 0.2) is 267 Å². The van der Waals surface area contributed by atoms with Gasteiger partial charge in [-0.15, -0.1) is 59.3 Å². The van der Waals surface area contributed by atoms with Crippen LogP contribution in [0.3, 0.4) is 0 Å². The first-order valence-electron chi connectivity index (χ1n) is 20.7. The Hall–Kier alpha value is -7.15. The molecule has 0 aliphatic rings. The van der Waals surface area contributed by atoms with Crippen molar-refractivity contribution in [3.8, 4) is 0 Å². The largest absolute Gasteiger partial charge is 0.168 e. The Bertz CT molecular complexity index is 2460. The SMILES string of the molecule is O=C(O)C(c1ccccc1)(c1ccccc1)c1ccccc1.O=C(O)C(c1ccccc1)(c1ccccc1)c1ccccc1.[CH3-].[CH3-].[Si]=[Ti].c1ccc2[cH-]ccc2c1.c1ccc2[cH-]ccc2c1. The van der Waals surface area contributed by atoms with Crippen molar-refractivity contribution < 1.29 is 39.0 Å². The minimum atomic E-state index is -1.20. The summed E-state index contributed by atoms with van der Waals surface area (Å²) < 4.78 is 0. The molecule has 10 rings (SSSR count). The van der Waals surface area contributed by atoms with Gasteiger partial charge in [-0.1, -0.05) is 194 Å². The normalized spacial score (nSPS) is 10.2. The third kappa shape index (κ3) is 11.8. The summed E-state index contributed by atoms with van der Waals surface area (Å²) in [6, 6.07) is 85.6. The average molecular weight is 913 g/mol. The molecule has 0 aliphatic carbocycles. The summed E-state index contributed by atoms with van der Waals surface area (Å²) in [4.78, 5) is 24.8. The molecule has 0 atom stereocenters. The van der Waals surface area contributed by atoms with Crippen molar-refractivity contribution in [1.82, 2.24) is 0 Å². The van der Waals surface area contributed by atoms with Gasteiger partial charge in [0.25, 0.3) is 0 Å². The second-order valence-electron chi connectivity index (χ2n) is 14.6. The first kappa shape index (κ1) is 51.5. The Morgan fingerprint density at radius 3 is 0.727 bits per heavy atom. The number of carboxylic acid groups (broad SMARTS) is 2. The Morgan fingerprint density at radius 1 is 0.333 bits per heavy atom. The van der Waals surface area contributed by atoms with E-state index in [1.54, 1.807) is 19.2 Å². The van der Waals surface area contributed by atoms with E-state index in [9.17, 15) is 19.8 Å². The quantitative estimate of drug-likeness (QED) is 0.0905. The van der Waals surface area contributed by atoms with Crippen LogP contribution in [0.2, 0.25) is 0 Å². The molecule has 0 heterocycles. The van der Waals surface area contributed by atoms with E-state index in [-0.39, 0.29) is 14.9 Å². The zero-order valence-corrected chi connectivity index (χ0v) is 39.7. The molecule has 0 amide bonds. The van der Waals surface area contributed by atoms with Gasteiger partial charge in [0.05, 0.1) is 0 Å². The smallest absolute Gasteiger partial charge is 0.0809 e. The molecule has 6 heteroatoms. The first-order valence-corrected chi connectivity index (χ1v) is 23.6. The summed E-state index contributed by atoms with van der Waals surface area (Å²) in [5, 5.41) is 25.7. The number of rotatable bonds is 8. The molecule has 2 N–H and O–H groups in total. The first-order chi connectivity index (χ1) is 31.5. The van der Waals surface area contributed by atoms with Gasteiger partial charge >= 0.3 is 38.7 Å². The molecule has 0 saturated carbocycles. The van der Waals surface area contributed by atoms with Gasteiger partial charge in [0, 0.05) is 0 Å². The van der Waals surface area contributed by atoms with Crippen LogP contribution in [-0.4, -0.2) is 29.8 Å². The van der Waals surface area contributed by atoms with Crippen LogP contribution in [0.4, 0.5) is 0 Å². The number of carbonyl (C=O) groups is 2. The van der Waals surface area contributed by atoms with Crippen LogP contribution in [0.1, 0.15) is 33.4 Å². The van der Waals surface area contributed by atoms with Crippen molar-refractivity contribution in [3.05, 3.63) is 315 Å². The van der Waals surface area contributed by atoms with Crippen LogP contribution >= 0.6 is 0 Å². The van der Waals surface area contributed by atoms with E-state index in [1.807, 2.05) is 182 Å². The summed E-state index contributed by atoms with van der Waals surface area (Å²) in [6.45, 7) is 0. The van der Waals surface area contributed by atoms with Gasteiger partial charge in [0.2, 0.25) is 0 Å². The minimum Gasteiger partial charge on any atom is -0.168 e. The topological polar surface area (TPSA) is 74.6 Å². The molecule has 0 spiro atoms. The number of hydrogen-bond acceptors (Lipinski definition) is 2. The van der Waals surface area contributed by atoms with Crippen molar-refractivity contribution in [2.45, 2.75) is 10.8 Å². The molecule has 66 heavy (non-hydrogen) atoms. The summed E-state index contributed by atoms with van der Waals surface area (Å²) in [5.41, 5.74) is 2.09. The molecular weight excluding hydrogens is 861 g/mol. The molecule has 10 aromatic rings. The maximum absolute atomic E-state index is 12.4. The standard InChI is InChI=1S/2C20H16O2.2C9H7.2CH3.Si.Ti/c2*21-19(22)20(16-10-4-1-5-11-16,17-12-6-2-7-13-17)18-14-8-3-9-15-18;2*1-2-5-9-7-3-6-8(9)4-1;;;;/h2*1-15H,(H,21,22);2*1-7H;2*1H3;;/q;;4*-1;;. The maximum atomic E-state index is 12.4. The van der Waals surface area contributed by atoms with Crippen LogP contribution in [0.5, 0.6) is 0 Å². The molecule has 0 unspecified atom stereocenters. The Labute approximate surface area is 403 Å². The van der Waals surface area contributed by atoms with E-state index in [0.29, 0.717) is 0 Å². The van der Waals surface area contributed by atoms with Crippen LogP contribution in [-0.2, 0) is 39.6 Å². The van der Waals surface area contributed by atoms with Gasteiger partial charge in [0.15, 0.2) is 0 Å². The second kappa shape index (κ2) is 26.0. The fraction of sp³-hybridized carbons (Fsp3) is 0.0333. The van der Waals surface area contributed by atoms with E-state index < -0.39 is 22.8 Å². The predicted octanol–water partition coefficient (Wildman–Crippen LogP) is 13.8. The van der Waals surface area contributed by atoms with Gasteiger partial charge < -0.3 is 25.1 Å². The summed E-state index contributed by atoms with van der Waals surface area (Å²) >= 11 is 1.81. The zero-order chi connectivity index (χ0) is 45.0. The van der Waals surface area contributed by atoms with Gasteiger partial charge in [0.1, 0.15) is 10.8 Å². The Morgan fingerprint density at radius 2 is 0.530 bits per heavy atom. The number of hydrogen-bond donors (Lipinski definition) is 2. The van der Waals surface area contributed by atoms with E-state index >= 15 is 0 Å². The van der Waals surface area contributed by atoms with Crippen LogP contribution in [0.25, 0.3) is 21.5 Å². The molecule has 0 fully saturated rings. The van der Waals surface area contributed by atoms with E-state index in [1.165, 1.54) is 21.5 Å². The van der Waals surface area contributed by atoms with Crippen molar-refractivity contribution in [1.29, 1.82) is 0 Å². The van der Waals surface area contributed by atoms with Gasteiger partial charge in [-0.05, 0) is 33.4 Å². The number of fused-ring (bicyclic) bond motifs is 2. The summed E-state index contributed by atoms with van der Waals surface area (Å²) in [5.74, 6) is -1.76. The summed E-state index contributed by atoms with van der Waals surface area (Å²) in [7, 11) is 2.97. The van der Waals surface area contributed by atoms with E-state index in [2.05, 4.69) is 92.6 Å². The van der Waals surface area contributed by atoms with E-state index in [4.69, 9.17) is 0 Å². The number of aliphatic carboxylic acids is 2. The van der Waals surface area contributed by atoms with E-state index in [0.717, 1.165) is 33.4 Å². The Balaban J connectivity index is 0.000000201. The molecule has 0 aliphatic heterocycles. The van der Waals surface area contributed by atoms with Gasteiger partial charge in [-0.3, -0.25) is 9.59 Å². The molecular formula is C60H52O4SiTi-4. The van der Waals surface area contributed by atoms with Gasteiger partial charge in [-0.25, -0.2) is 0 Å². The second-order valence-corrected chi connectivity index (χ2v) is 14.6. The van der Waals surface area contributed by atoms with Crippen molar-refractivity contribution >= 4 is 41.1 Å². The molecule has 0 bridgehead atoms. The van der Waals surface area contributed by atoms with Crippen LogP contribution in [0, 0.1) is 14.9 Å². The van der Waals surface area contributed by atoms with Crippen molar-refractivity contribution in [2.75, 3.05) is 0 Å². The molecule has 0 saturated heterocycles. The average Bonchev–Trinajstić information content (AvgIpc) is 4.06. The summed E-state index contributed by atoms with van der Waals surface area (Å²) in [6.07, 6.45) is 0. The van der Waals surface area contributed by atoms with Crippen LogP contribution < -0.4 is 0 Å². The maximum Gasteiger partial charge on any atom is -0.0809 e. The molecule has 4 nitrogen and oxygen atoms in total. The zero-order valence-electron chi connectivity index (χ0n) is 37.1. The minimum absolute atomic E-state index is 0. The molecule has 328 valence electrons. The Kier molecular flexibility index (Phi) is 20.3. The third-order valence-corrected chi connectivity index (χ3v) is 11.0. The number of carboxylic acids is 2. The fourth-order valence-electron chi connectivity index (χ4n) is 8.01. The predicted molar refractivity (Wildman–Crippen MR) is 271 cm³/mol.